The lowest BCUT2D eigenvalue weighted by molar-refractivity contribution is -0.0592. The zero-order chi connectivity index (χ0) is 25.7. The monoisotopic (exact) mass is 530 g/mol. The van der Waals surface area contributed by atoms with Crippen LogP contribution in [0.25, 0.3) is 0 Å². The first kappa shape index (κ1) is 25.1. The first-order chi connectivity index (χ1) is 17.1. The van der Waals surface area contributed by atoms with Crippen molar-refractivity contribution in [2.24, 2.45) is 5.92 Å². The highest BCUT2D eigenvalue weighted by Crippen LogP contribution is 2.47. The standard InChI is InChI=1S/C27H25Cl2FN2O4/c1-26(34,16-8-10-36-11-9-16)18-12-22-24(23(30)13-18)27(35,17-2-4-19(28)5-3-17)32(25(22)33)15-21-7-6-20(29)14-31-21/h2-7,12-14,16,34-35H,8-11,15H2,1H3. The topological polar surface area (TPSA) is 82.9 Å². The normalized spacial score (nSPS) is 21.9. The van der Waals surface area contributed by atoms with E-state index in [1.807, 2.05) is 0 Å². The van der Waals surface area contributed by atoms with Crippen molar-refractivity contribution in [2.45, 2.75) is 37.6 Å². The summed E-state index contributed by atoms with van der Waals surface area (Å²) in [5, 5.41) is 24.3. The van der Waals surface area contributed by atoms with E-state index in [0.717, 1.165) is 0 Å². The number of carbonyl (C=O) groups excluding carboxylic acids is 1. The molecule has 9 heteroatoms. The fourth-order valence-corrected chi connectivity index (χ4v) is 5.41. The maximum Gasteiger partial charge on any atom is 0.257 e. The third kappa shape index (κ3) is 4.19. The number of halogens is 3. The molecule has 3 heterocycles. The molecule has 188 valence electrons. The Bertz CT molecular complexity index is 1290. The van der Waals surface area contributed by atoms with Crippen molar-refractivity contribution >= 4 is 29.1 Å². The van der Waals surface area contributed by atoms with Crippen LogP contribution in [0.15, 0.2) is 54.7 Å². The largest absolute Gasteiger partial charge is 0.385 e. The molecule has 5 rings (SSSR count). The van der Waals surface area contributed by atoms with E-state index in [1.165, 1.54) is 23.2 Å². The third-order valence-electron chi connectivity index (χ3n) is 7.26. The highest BCUT2D eigenvalue weighted by Gasteiger charge is 2.53. The lowest BCUT2D eigenvalue weighted by Gasteiger charge is -2.36. The van der Waals surface area contributed by atoms with Crippen molar-refractivity contribution in [3.05, 3.63) is 98.5 Å². The Hall–Kier alpha value is -2.55. The highest BCUT2D eigenvalue weighted by molar-refractivity contribution is 6.30. The minimum Gasteiger partial charge on any atom is -0.385 e. The van der Waals surface area contributed by atoms with Gasteiger partial charge in [0.15, 0.2) is 5.72 Å². The molecule has 6 nitrogen and oxygen atoms in total. The minimum atomic E-state index is -2.12. The van der Waals surface area contributed by atoms with E-state index in [1.54, 1.807) is 43.3 Å². The Labute approximate surface area is 218 Å². The Balaban J connectivity index is 1.64. The van der Waals surface area contributed by atoms with Crippen LogP contribution in [0.2, 0.25) is 10.0 Å². The molecule has 2 aromatic carbocycles. The van der Waals surface area contributed by atoms with Gasteiger partial charge >= 0.3 is 0 Å². The van der Waals surface area contributed by atoms with E-state index >= 15 is 4.39 Å². The van der Waals surface area contributed by atoms with E-state index in [0.29, 0.717) is 41.8 Å². The van der Waals surface area contributed by atoms with Crippen molar-refractivity contribution in [2.75, 3.05) is 13.2 Å². The van der Waals surface area contributed by atoms with Crippen LogP contribution in [0.5, 0.6) is 0 Å². The Morgan fingerprint density at radius 3 is 2.44 bits per heavy atom. The molecule has 2 aliphatic heterocycles. The summed E-state index contributed by atoms with van der Waals surface area (Å²) in [6, 6.07) is 12.2. The van der Waals surface area contributed by atoms with Gasteiger partial charge in [0.05, 0.1) is 34.0 Å². The second-order valence-corrected chi connectivity index (χ2v) is 10.3. The second-order valence-electron chi connectivity index (χ2n) is 9.45. The number of carbonyl (C=O) groups is 1. The summed E-state index contributed by atoms with van der Waals surface area (Å²) in [5.41, 5.74) is -2.67. The van der Waals surface area contributed by atoms with Crippen LogP contribution in [0.1, 0.15) is 52.5 Å². The van der Waals surface area contributed by atoms with Crippen molar-refractivity contribution in [1.29, 1.82) is 0 Å². The van der Waals surface area contributed by atoms with Crippen LogP contribution in [-0.4, -0.2) is 39.2 Å². The molecule has 3 aromatic rings. The Morgan fingerprint density at radius 2 is 1.81 bits per heavy atom. The summed E-state index contributed by atoms with van der Waals surface area (Å²) in [4.78, 5) is 19.2. The average molecular weight is 531 g/mol. The molecule has 2 unspecified atom stereocenters. The average Bonchev–Trinajstić information content (AvgIpc) is 3.09. The van der Waals surface area contributed by atoms with Crippen LogP contribution in [0.4, 0.5) is 4.39 Å². The summed E-state index contributed by atoms with van der Waals surface area (Å²) >= 11 is 12.0. The molecule has 0 spiro atoms. The van der Waals surface area contributed by atoms with Gasteiger partial charge in [-0.1, -0.05) is 35.3 Å². The van der Waals surface area contributed by atoms with Gasteiger partial charge in [-0.3, -0.25) is 14.7 Å². The number of hydrogen-bond donors (Lipinski definition) is 2. The molecule has 2 N–H and O–H groups in total. The Morgan fingerprint density at radius 1 is 1.14 bits per heavy atom. The lowest BCUT2D eigenvalue weighted by Crippen LogP contribution is -2.44. The predicted octanol–water partition coefficient (Wildman–Crippen LogP) is 5.01. The van der Waals surface area contributed by atoms with E-state index < -0.39 is 23.1 Å². The smallest absolute Gasteiger partial charge is 0.257 e. The maximum absolute atomic E-state index is 15.9. The molecule has 2 aliphatic rings. The Kier molecular flexibility index (Phi) is 6.55. The number of aliphatic hydroxyl groups is 2. The number of rotatable bonds is 5. The van der Waals surface area contributed by atoms with E-state index in [2.05, 4.69) is 4.98 Å². The SMILES string of the molecule is CC(O)(c1cc(F)c2c(c1)C(=O)N(Cc1ccc(Cl)cn1)C2(O)c1ccc(Cl)cc1)C1CCOCC1. The first-order valence-electron chi connectivity index (χ1n) is 11.7. The van der Waals surface area contributed by atoms with Crippen LogP contribution in [0, 0.1) is 11.7 Å². The summed E-state index contributed by atoms with van der Waals surface area (Å²) in [6.45, 7) is 2.54. The molecular formula is C27H25Cl2FN2O4. The number of fused-ring (bicyclic) bond motifs is 1. The van der Waals surface area contributed by atoms with E-state index in [4.69, 9.17) is 27.9 Å². The van der Waals surface area contributed by atoms with Gasteiger partial charge in [-0.05, 0) is 67.6 Å². The van der Waals surface area contributed by atoms with Crippen LogP contribution in [-0.2, 0) is 22.6 Å². The molecule has 36 heavy (non-hydrogen) atoms. The second kappa shape index (κ2) is 9.39. The molecule has 1 fully saturated rings. The number of pyridine rings is 1. The molecule has 0 bridgehead atoms. The number of nitrogens with zero attached hydrogens (tertiary/aromatic N) is 2. The van der Waals surface area contributed by atoms with Gasteiger partial charge in [0.25, 0.3) is 5.91 Å². The van der Waals surface area contributed by atoms with Crippen molar-refractivity contribution in [3.8, 4) is 0 Å². The number of amides is 1. The summed E-state index contributed by atoms with van der Waals surface area (Å²) < 4.78 is 21.3. The van der Waals surface area contributed by atoms with Crippen LogP contribution >= 0.6 is 23.2 Å². The molecule has 1 aromatic heterocycles. The molecule has 2 atom stereocenters. The summed E-state index contributed by atoms with van der Waals surface area (Å²) in [5.74, 6) is -1.53. The fraction of sp³-hybridized carbons (Fsp3) is 0.333. The van der Waals surface area contributed by atoms with Crippen LogP contribution < -0.4 is 0 Å². The predicted molar refractivity (Wildman–Crippen MR) is 133 cm³/mol. The lowest BCUT2D eigenvalue weighted by atomic mass is 9.77. The van der Waals surface area contributed by atoms with Gasteiger partial charge in [0, 0.05) is 30.0 Å². The fourth-order valence-electron chi connectivity index (χ4n) is 5.18. The van der Waals surface area contributed by atoms with Crippen molar-refractivity contribution in [3.63, 3.8) is 0 Å². The van der Waals surface area contributed by atoms with Gasteiger partial charge in [0.2, 0.25) is 0 Å². The van der Waals surface area contributed by atoms with E-state index in [9.17, 15) is 15.0 Å². The van der Waals surface area contributed by atoms with Crippen molar-refractivity contribution < 1.29 is 24.1 Å². The van der Waals surface area contributed by atoms with Gasteiger partial charge in [-0.15, -0.1) is 0 Å². The van der Waals surface area contributed by atoms with Gasteiger partial charge in [-0.2, -0.15) is 0 Å². The number of ether oxygens (including phenoxy) is 1. The zero-order valence-electron chi connectivity index (χ0n) is 19.5. The van der Waals surface area contributed by atoms with Crippen molar-refractivity contribution in [1.82, 2.24) is 9.88 Å². The van der Waals surface area contributed by atoms with Crippen LogP contribution in [0.3, 0.4) is 0 Å². The molecule has 1 saturated heterocycles. The molecule has 0 aliphatic carbocycles. The van der Waals surface area contributed by atoms with Gasteiger partial charge in [0.1, 0.15) is 5.82 Å². The van der Waals surface area contributed by atoms with Gasteiger partial charge in [-0.25, -0.2) is 4.39 Å². The third-order valence-corrected chi connectivity index (χ3v) is 7.74. The summed E-state index contributed by atoms with van der Waals surface area (Å²) in [6.07, 6.45) is 2.67. The minimum absolute atomic E-state index is 0.0104. The highest BCUT2D eigenvalue weighted by atomic mass is 35.5. The quantitative estimate of drug-likeness (QED) is 0.484. The number of hydrogen-bond acceptors (Lipinski definition) is 5. The number of aromatic nitrogens is 1. The summed E-state index contributed by atoms with van der Waals surface area (Å²) in [7, 11) is 0. The number of benzene rings is 2. The molecular weight excluding hydrogens is 506 g/mol. The molecule has 0 saturated carbocycles. The van der Waals surface area contributed by atoms with E-state index in [-0.39, 0.29) is 34.7 Å². The molecule has 1 amide bonds. The maximum atomic E-state index is 15.9. The first-order valence-corrected chi connectivity index (χ1v) is 12.4. The zero-order valence-corrected chi connectivity index (χ0v) is 21.1. The van der Waals surface area contributed by atoms with Gasteiger partial charge < -0.3 is 14.9 Å². The molecule has 0 radical (unpaired) electrons.